The van der Waals surface area contributed by atoms with Gasteiger partial charge in [-0.25, -0.2) is 4.68 Å². The highest BCUT2D eigenvalue weighted by Crippen LogP contribution is 2.24. The molecule has 1 aromatic heterocycles. The standard InChI is InChI=1S/C18H14BrN5O2/c1-26-14-8-6-13(7-9-14)24-17(16(21)15(10-20)23-24)18(25)22-12-4-2-11(19)3-5-12/h2-9H,21H2,1H3,(H,22,25). The van der Waals surface area contributed by atoms with Gasteiger partial charge in [0.1, 0.15) is 17.5 Å². The number of nitrogens with zero attached hydrogens (tertiary/aromatic N) is 3. The Kier molecular flexibility index (Phi) is 4.91. The monoisotopic (exact) mass is 411 g/mol. The Hall–Kier alpha value is -3.31. The minimum Gasteiger partial charge on any atom is -0.497 e. The van der Waals surface area contributed by atoms with E-state index in [4.69, 9.17) is 10.5 Å². The molecular formula is C18H14BrN5O2. The number of aromatic nitrogens is 2. The quantitative estimate of drug-likeness (QED) is 0.684. The normalized spacial score (nSPS) is 10.2. The number of carbonyl (C=O) groups is 1. The van der Waals surface area contributed by atoms with E-state index < -0.39 is 5.91 Å². The number of ether oxygens (including phenoxy) is 1. The predicted molar refractivity (Wildman–Crippen MR) is 101 cm³/mol. The number of halogens is 1. The van der Waals surface area contributed by atoms with E-state index in [0.717, 1.165) is 4.47 Å². The Morgan fingerprint density at radius 2 is 1.88 bits per heavy atom. The van der Waals surface area contributed by atoms with Crippen molar-refractivity contribution in [2.75, 3.05) is 18.2 Å². The van der Waals surface area contributed by atoms with Crippen molar-refractivity contribution in [3.8, 4) is 17.5 Å². The lowest BCUT2D eigenvalue weighted by molar-refractivity contribution is 0.102. The molecule has 0 aliphatic carbocycles. The van der Waals surface area contributed by atoms with Crippen LogP contribution in [0.1, 0.15) is 16.2 Å². The maximum atomic E-state index is 12.8. The van der Waals surface area contributed by atoms with Crippen molar-refractivity contribution in [1.29, 1.82) is 5.26 Å². The van der Waals surface area contributed by atoms with E-state index in [1.165, 1.54) is 4.68 Å². The number of anilines is 2. The zero-order valence-electron chi connectivity index (χ0n) is 13.7. The van der Waals surface area contributed by atoms with Gasteiger partial charge in [0, 0.05) is 10.2 Å². The molecule has 8 heteroatoms. The van der Waals surface area contributed by atoms with Crippen molar-refractivity contribution in [3.05, 3.63) is 64.4 Å². The molecule has 1 heterocycles. The number of carbonyl (C=O) groups excluding carboxylic acids is 1. The molecule has 3 N–H and O–H groups in total. The van der Waals surface area contributed by atoms with Crippen molar-refractivity contribution in [1.82, 2.24) is 9.78 Å². The zero-order valence-corrected chi connectivity index (χ0v) is 15.3. The summed E-state index contributed by atoms with van der Waals surface area (Å²) in [6.07, 6.45) is 0. The molecule has 0 fully saturated rings. The average Bonchev–Trinajstić information content (AvgIpc) is 3.00. The second-order valence-corrected chi connectivity index (χ2v) is 6.21. The van der Waals surface area contributed by atoms with E-state index in [1.807, 2.05) is 6.07 Å². The number of rotatable bonds is 4. The minimum atomic E-state index is -0.463. The lowest BCUT2D eigenvalue weighted by Gasteiger charge is -2.10. The molecule has 0 radical (unpaired) electrons. The van der Waals surface area contributed by atoms with Crippen molar-refractivity contribution in [2.24, 2.45) is 0 Å². The van der Waals surface area contributed by atoms with Crippen LogP contribution >= 0.6 is 15.9 Å². The van der Waals surface area contributed by atoms with Crippen molar-refractivity contribution < 1.29 is 9.53 Å². The Labute approximate surface area is 158 Å². The van der Waals surface area contributed by atoms with E-state index >= 15 is 0 Å². The number of nitriles is 1. The maximum Gasteiger partial charge on any atom is 0.276 e. The van der Waals surface area contributed by atoms with Crippen LogP contribution in [0.5, 0.6) is 5.75 Å². The molecule has 0 atom stereocenters. The van der Waals surface area contributed by atoms with Gasteiger partial charge in [0.2, 0.25) is 0 Å². The lowest BCUT2D eigenvalue weighted by Crippen LogP contribution is -2.18. The number of methoxy groups -OCH3 is 1. The van der Waals surface area contributed by atoms with Gasteiger partial charge in [-0.3, -0.25) is 4.79 Å². The summed E-state index contributed by atoms with van der Waals surface area (Å²) in [5.74, 6) is 0.199. The zero-order chi connectivity index (χ0) is 18.7. The molecule has 0 saturated heterocycles. The van der Waals surface area contributed by atoms with Gasteiger partial charge < -0.3 is 15.8 Å². The Morgan fingerprint density at radius 1 is 1.23 bits per heavy atom. The molecule has 26 heavy (non-hydrogen) atoms. The lowest BCUT2D eigenvalue weighted by atomic mass is 10.2. The highest BCUT2D eigenvalue weighted by molar-refractivity contribution is 9.10. The van der Waals surface area contributed by atoms with Crippen LogP contribution in [0.2, 0.25) is 0 Å². The van der Waals surface area contributed by atoms with E-state index in [9.17, 15) is 10.1 Å². The summed E-state index contributed by atoms with van der Waals surface area (Å²) in [4.78, 5) is 12.8. The fourth-order valence-corrected chi connectivity index (χ4v) is 2.63. The number of amides is 1. The number of hydrogen-bond donors (Lipinski definition) is 2. The molecule has 3 rings (SSSR count). The van der Waals surface area contributed by atoms with Gasteiger partial charge in [-0.05, 0) is 48.5 Å². The number of nitrogen functional groups attached to an aromatic ring is 1. The van der Waals surface area contributed by atoms with Crippen molar-refractivity contribution in [2.45, 2.75) is 0 Å². The van der Waals surface area contributed by atoms with Gasteiger partial charge in [0.15, 0.2) is 11.4 Å². The number of nitrogens with two attached hydrogens (primary N) is 1. The van der Waals surface area contributed by atoms with E-state index in [0.29, 0.717) is 17.1 Å². The molecule has 0 aliphatic heterocycles. The van der Waals surface area contributed by atoms with Crippen LogP contribution in [-0.2, 0) is 0 Å². The van der Waals surface area contributed by atoms with Gasteiger partial charge in [-0.15, -0.1) is 0 Å². The summed E-state index contributed by atoms with van der Waals surface area (Å²) in [6, 6.07) is 15.9. The van der Waals surface area contributed by atoms with E-state index in [1.54, 1.807) is 55.6 Å². The second kappa shape index (κ2) is 7.29. The number of hydrogen-bond acceptors (Lipinski definition) is 5. The van der Waals surface area contributed by atoms with E-state index in [-0.39, 0.29) is 17.1 Å². The van der Waals surface area contributed by atoms with Gasteiger partial charge in [-0.1, -0.05) is 15.9 Å². The molecule has 0 bridgehead atoms. The smallest absolute Gasteiger partial charge is 0.276 e. The summed E-state index contributed by atoms with van der Waals surface area (Å²) >= 11 is 3.34. The van der Waals surface area contributed by atoms with Crippen molar-refractivity contribution in [3.63, 3.8) is 0 Å². The van der Waals surface area contributed by atoms with Crippen LogP contribution in [-0.4, -0.2) is 22.8 Å². The third kappa shape index (κ3) is 3.38. The van der Waals surface area contributed by atoms with Gasteiger partial charge >= 0.3 is 0 Å². The number of nitrogens with one attached hydrogen (secondary N) is 1. The maximum absolute atomic E-state index is 12.8. The van der Waals surface area contributed by atoms with Crippen LogP contribution in [0.25, 0.3) is 5.69 Å². The molecule has 0 unspecified atom stereocenters. The summed E-state index contributed by atoms with van der Waals surface area (Å²) < 4.78 is 7.37. The highest BCUT2D eigenvalue weighted by atomic mass is 79.9. The fraction of sp³-hybridized carbons (Fsp3) is 0.0556. The summed E-state index contributed by atoms with van der Waals surface area (Å²) in [5.41, 5.74) is 7.27. The first-order chi connectivity index (χ1) is 12.5. The fourth-order valence-electron chi connectivity index (χ4n) is 2.36. The first-order valence-corrected chi connectivity index (χ1v) is 8.32. The predicted octanol–water partition coefficient (Wildman–Crippen LogP) is 3.35. The van der Waals surface area contributed by atoms with Crippen molar-refractivity contribution >= 4 is 33.2 Å². The van der Waals surface area contributed by atoms with Crippen LogP contribution in [0, 0.1) is 11.3 Å². The SMILES string of the molecule is COc1ccc(-n2nc(C#N)c(N)c2C(=O)Nc2ccc(Br)cc2)cc1. The van der Waals surface area contributed by atoms with Crippen LogP contribution < -0.4 is 15.8 Å². The molecule has 130 valence electrons. The Morgan fingerprint density at radius 3 is 2.46 bits per heavy atom. The molecular weight excluding hydrogens is 398 g/mol. The average molecular weight is 412 g/mol. The third-order valence-electron chi connectivity index (χ3n) is 3.66. The van der Waals surface area contributed by atoms with Gasteiger partial charge in [-0.2, -0.15) is 10.4 Å². The van der Waals surface area contributed by atoms with Crippen LogP contribution in [0.3, 0.4) is 0 Å². The Balaban J connectivity index is 2.01. The first-order valence-electron chi connectivity index (χ1n) is 7.53. The molecule has 3 aromatic rings. The van der Waals surface area contributed by atoms with Crippen LogP contribution in [0.4, 0.5) is 11.4 Å². The third-order valence-corrected chi connectivity index (χ3v) is 4.19. The Bertz CT molecular complexity index is 988. The number of benzene rings is 2. The molecule has 0 aliphatic rings. The molecule has 0 spiro atoms. The largest absolute Gasteiger partial charge is 0.497 e. The van der Waals surface area contributed by atoms with E-state index in [2.05, 4.69) is 26.3 Å². The molecule has 0 saturated carbocycles. The summed E-state index contributed by atoms with van der Waals surface area (Å²) in [7, 11) is 1.56. The summed E-state index contributed by atoms with van der Waals surface area (Å²) in [5, 5.41) is 16.1. The van der Waals surface area contributed by atoms with Gasteiger partial charge in [0.25, 0.3) is 5.91 Å². The second-order valence-electron chi connectivity index (χ2n) is 5.29. The van der Waals surface area contributed by atoms with Crippen LogP contribution in [0.15, 0.2) is 53.0 Å². The molecule has 1 amide bonds. The summed E-state index contributed by atoms with van der Waals surface area (Å²) in [6.45, 7) is 0. The first kappa shape index (κ1) is 17.5. The minimum absolute atomic E-state index is 0.0122. The van der Waals surface area contributed by atoms with Gasteiger partial charge in [0.05, 0.1) is 12.8 Å². The molecule has 2 aromatic carbocycles. The topological polar surface area (TPSA) is 106 Å². The highest BCUT2D eigenvalue weighted by Gasteiger charge is 2.23. The molecule has 7 nitrogen and oxygen atoms in total.